The summed E-state index contributed by atoms with van der Waals surface area (Å²) < 4.78 is 51.0. The highest BCUT2D eigenvalue weighted by Gasteiger charge is 2.31. The number of benzene rings is 2. The van der Waals surface area contributed by atoms with Crippen LogP contribution in [0.5, 0.6) is 17.2 Å². The van der Waals surface area contributed by atoms with Gasteiger partial charge in [0.25, 0.3) is 5.91 Å². The van der Waals surface area contributed by atoms with Crippen molar-refractivity contribution in [3.05, 3.63) is 53.7 Å². The summed E-state index contributed by atoms with van der Waals surface area (Å²) in [6.07, 6.45) is -4.79. The molecule has 4 rings (SSSR count). The van der Waals surface area contributed by atoms with Crippen LogP contribution in [0.1, 0.15) is 16.1 Å². The van der Waals surface area contributed by atoms with Crippen molar-refractivity contribution in [2.75, 3.05) is 17.4 Å². The van der Waals surface area contributed by atoms with Gasteiger partial charge in [-0.3, -0.25) is 4.79 Å². The molecule has 1 aromatic heterocycles. The average molecular weight is 421 g/mol. The van der Waals surface area contributed by atoms with Gasteiger partial charge < -0.3 is 24.8 Å². The van der Waals surface area contributed by atoms with Crippen molar-refractivity contribution in [2.45, 2.75) is 12.9 Å². The van der Waals surface area contributed by atoms with Gasteiger partial charge in [-0.25, -0.2) is 0 Å². The molecule has 1 aliphatic heterocycles. The van der Waals surface area contributed by atoms with Gasteiger partial charge in [0.15, 0.2) is 23.0 Å². The lowest BCUT2D eigenvalue weighted by molar-refractivity contribution is -0.274. The SMILES string of the molecule is O=C(Nc1ccc(OC(F)(F)F)cc1)c1n[nH]nc1NCc1ccc2c(c1)OCO2. The molecule has 3 N–H and O–H groups in total. The Labute approximate surface area is 167 Å². The molecule has 2 aromatic carbocycles. The number of H-pyrrole nitrogens is 1. The van der Waals surface area contributed by atoms with E-state index in [-0.39, 0.29) is 24.0 Å². The molecule has 156 valence electrons. The molecule has 2 heterocycles. The molecule has 0 saturated heterocycles. The molecule has 1 aliphatic rings. The Morgan fingerprint density at radius 2 is 1.87 bits per heavy atom. The van der Waals surface area contributed by atoms with E-state index in [0.29, 0.717) is 18.0 Å². The van der Waals surface area contributed by atoms with Crippen LogP contribution in [0.2, 0.25) is 0 Å². The number of anilines is 2. The molecular weight excluding hydrogens is 407 g/mol. The summed E-state index contributed by atoms with van der Waals surface area (Å²) in [5, 5.41) is 15.6. The van der Waals surface area contributed by atoms with Crippen LogP contribution < -0.4 is 24.8 Å². The predicted octanol–water partition coefficient (Wildman–Crippen LogP) is 3.30. The van der Waals surface area contributed by atoms with Crippen LogP contribution in [-0.4, -0.2) is 34.5 Å². The lowest BCUT2D eigenvalue weighted by atomic mass is 10.2. The third-order valence-electron chi connectivity index (χ3n) is 4.01. The summed E-state index contributed by atoms with van der Waals surface area (Å²) in [7, 11) is 0. The molecule has 0 spiro atoms. The van der Waals surface area contributed by atoms with Crippen LogP contribution in [0, 0.1) is 0 Å². The van der Waals surface area contributed by atoms with Crippen LogP contribution in [-0.2, 0) is 6.54 Å². The number of aromatic amines is 1. The standard InChI is InChI=1S/C18H14F3N5O4/c19-18(20,21)30-12-4-2-11(3-5-12)23-17(27)15-16(25-26-24-15)22-8-10-1-6-13-14(7-10)29-9-28-13/h1-7H,8-9H2,(H,23,27)(H2,22,24,25,26). The minimum Gasteiger partial charge on any atom is -0.454 e. The average Bonchev–Trinajstić information content (AvgIpc) is 3.35. The second-order valence-electron chi connectivity index (χ2n) is 6.09. The first-order chi connectivity index (χ1) is 14.4. The van der Waals surface area contributed by atoms with E-state index in [4.69, 9.17) is 9.47 Å². The quantitative estimate of drug-likeness (QED) is 0.560. The molecule has 30 heavy (non-hydrogen) atoms. The Balaban J connectivity index is 1.38. The Hall–Kier alpha value is -3.96. The van der Waals surface area contributed by atoms with Crippen molar-refractivity contribution in [2.24, 2.45) is 0 Å². The van der Waals surface area contributed by atoms with E-state index in [0.717, 1.165) is 17.7 Å². The monoisotopic (exact) mass is 421 g/mol. The molecule has 0 fully saturated rings. The number of nitrogens with one attached hydrogen (secondary N) is 3. The fraction of sp³-hybridized carbons (Fsp3) is 0.167. The first-order valence-corrected chi connectivity index (χ1v) is 8.58. The van der Waals surface area contributed by atoms with Crippen LogP contribution >= 0.6 is 0 Å². The van der Waals surface area contributed by atoms with Gasteiger partial charge in [-0.05, 0) is 42.0 Å². The number of nitrogens with zero attached hydrogens (tertiary/aromatic N) is 2. The molecule has 0 aliphatic carbocycles. The van der Waals surface area contributed by atoms with Crippen molar-refractivity contribution < 1.29 is 32.2 Å². The molecule has 3 aromatic rings. The second-order valence-corrected chi connectivity index (χ2v) is 6.09. The number of halogens is 3. The van der Waals surface area contributed by atoms with Crippen molar-refractivity contribution in [3.8, 4) is 17.2 Å². The number of hydrogen-bond acceptors (Lipinski definition) is 7. The Morgan fingerprint density at radius 3 is 2.63 bits per heavy atom. The maximum Gasteiger partial charge on any atom is 0.573 e. The smallest absolute Gasteiger partial charge is 0.454 e. The molecule has 9 nitrogen and oxygen atoms in total. The zero-order valence-electron chi connectivity index (χ0n) is 15.1. The molecular formula is C18H14F3N5O4. The van der Waals surface area contributed by atoms with Gasteiger partial charge in [-0.1, -0.05) is 6.07 Å². The molecule has 0 unspecified atom stereocenters. The van der Waals surface area contributed by atoms with Gasteiger partial charge in [0.05, 0.1) is 0 Å². The predicted molar refractivity (Wildman–Crippen MR) is 97.4 cm³/mol. The number of alkyl halides is 3. The second kappa shape index (κ2) is 7.81. The normalized spacial score (nSPS) is 12.5. The third kappa shape index (κ3) is 4.54. The van der Waals surface area contributed by atoms with E-state index >= 15 is 0 Å². The van der Waals surface area contributed by atoms with E-state index in [9.17, 15) is 18.0 Å². The molecule has 12 heteroatoms. The van der Waals surface area contributed by atoms with Crippen molar-refractivity contribution >= 4 is 17.4 Å². The Bertz CT molecular complexity index is 1050. The van der Waals surface area contributed by atoms with E-state index in [1.807, 2.05) is 6.07 Å². The number of ether oxygens (including phenoxy) is 3. The maximum absolute atomic E-state index is 12.5. The number of hydrogen-bond donors (Lipinski definition) is 3. The van der Waals surface area contributed by atoms with Gasteiger partial charge >= 0.3 is 6.36 Å². The Kier molecular flexibility index (Phi) is 5.04. The van der Waals surface area contributed by atoms with Gasteiger partial charge in [0, 0.05) is 12.2 Å². The molecule has 0 radical (unpaired) electrons. The van der Waals surface area contributed by atoms with Crippen molar-refractivity contribution in [3.63, 3.8) is 0 Å². The summed E-state index contributed by atoms with van der Waals surface area (Å²) in [4.78, 5) is 12.5. The summed E-state index contributed by atoms with van der Waals surface area (Å²) >= 11 is 0. The highest BCUT2D eigenvalue weighted by Crippen LogP contribution is 2.32. The fourth-order valence-corrected chi connectivity index (χ4v) is 2.68. The van der Waals surface area contributed by atoms with Crippen LogP contribution in [0.3, 0.4) is 0 Å². The number of carbonyl (C=O) groups excluding carboxylic acids is 1. The van der Waals surface area contributed by atoms with Gasteiger partial charge in [-0.2, -0.15) is 5.21 Å². The third-order valence-corrected chi connectivity index (χ3v) is 4.01. The number of carbonyl (C=O) groups is 1. The largest absolute Gasteiger partial charge is 0.573 e. The minimum absolute atomic E-state index is 0.00800. The molecule has 0 saturated carbocycles. The highest BCUT2D eigenvalue weighted by atomic mass is 19.4. The number of fused-ring (bicyclic) bond motifs is 1. The summed E-state index contributed by atoms with van der Waals surface area (Å²) in [6.45, 7) is 0.510. The number of aromatic nitrogens is 3. The van der Waals surface area contributed by atoms with E-state index in [1.54, 1.807) is 12.1 Å². The van der Waals surface area contributed by atoms with Crippen molar-refractivity contribution in [1.82, 2.24) is 15.4 Å². The van der Waals surface area contributed by atoms with E-state index in [2.05, 4.69) is 30.8 Å². The highest BCUT2D eigenvalue weighted by molar-refractivity contribution is 6.05. The first-order valence-electron chi connectivity index (χ1n) is 8.58. The van der Waals surface area contributed by atoms with Crippen LogP contribution in [0.4, 0.5) is 24.7 Å². The first kappa shape index (κ1) is 19.4. The molecule has 0 atom stereocenters. The zero-order chi connectivity index (χ0) is 21.1. The van der Waals surface area contributed by atoms with E-state index < -0.39 is 18.0 Å². The van der Waals surface area contributed by atoms with E-state index in [1.165, 1.54) is 12.1 Å². The number of rotatable bonds is 6. The zero-order valence-corrected chi connectivity index (χ0v) is 15.1. The maximum atomic E-state index is 12.5. The van der Waals surface area contributed by atoms with Crippen molar-refractivity contribution in [1.29, 1.82) is 0 Å². The Morgan fingerprint density at radius 1 is 1.10 bits per heavy atom. The fourth-order valence-electron chi connectivity index (χ4n) is 2.68. The molecule has 0 bridgehead atoms. The number of amides is 1. The van der Waals surface area contributed by atoms with Gasteiger partial charge in [-0.15, -0.1) is 23.4 Å². The van der Waals surface area contributed by atoms with Crippen LogP contribution in [0.25, 0.3) is 0 Å². The van der Waals surface area contributed by atoms with Gasteiger partial charge in [0.1, 0.15) is 5.75 Å². The summed E-state index contributed by atoms with van der Waals surface area (Å²) in [5.74, 6) is 0.508. The minimum atomic E-state index is -4.79. The summed E-state index contributed by atoms with van der Waals surface area (Å²) in [6, 6.07) is 10.2. The van der Waals surface area contributed by atoms with Gasteiger partial charge in [0.2, 0.25) is 6.79 Å². The van der Waals surface area contributed by atoms with Crippen LogP contribution in [0.15, 0.2) is 42.5 Å². The topological polar surface area (TPSA) is 110 Å². The lowest BCUT2D eigenvalue weighted by Gasteiger charge is -2.10. The summed E-state index contributed by atoms with van der Waals surface area (Å²) in [5.41, 5.74) is 1.12. The molecule has 1 amide bonds. The lowest BCUT2D eigenvalue weighted by Crippen LogP contribution is -2.17.